The molecule has 1 amide bonds. The first-order chi connectivity index (χ1) is 15.6. The van der Waals surface area contributed by atoms with Crippen molar-refractivity contribution >= 4 is 11.6 Å². The number of ether oxygens (including phenoxy) is 1. The number of aryl methyl sites for hydroxylation is 1. The van der Waals surface area contributed by atoms with E-state index in [1.807, 2.05) is 29.2 Å². The summed E-state index contributed by atoms with van der Waals surface area (Å²) < 4.78 is 5.91. The van der Waals surface area contributed by atoms with Crippen molar-refractivity contribution in [3.8, 4) is 5.75 Å². The molecule has 0 saturated carbocycles. The van der Waals surface area contributed by atoms with Gasteiger partial charge in [0, 0.05) is 43.5 Å². The normalized spacial score (nSPS) is 19.8. The van der Waals surface area contributed by atoms with E-state index < -0.39 is 0 Å². The van der Waals surface area contributed by atoms with E-state index in [0.717, 1.165) is 50.5 Å². The molecular formula is C27H37N3O2. The summed E-state index contributed by atoms with van der Waals surface area (Å²) in [5, 5.41) is 0. The highest BCUT2D eigenvalue weighted by atomic mass is 16.5. The number of hydrogen-bond acceptors (Lipinski definition) is 4. The van der Waals surface area contributed by atoms with Gasteiger partial charge < -0.3 is 19.4 Å². The van der Waals surface area contributed by atoms with Crippen LogP contribution in [-0.2, 0) is 0 Å². The molecule has 2 saturated heterocycles. The summed E-state index contributed by atoms with van der Waals surface area (Å²) in [4.78, 5) is 19.9. The summed E-state index contributed by atoms with van der Waals surface area (Å²) in [5.41, 5.74) is 3.24. The van der Waals surface area contributed by atoms with Crippen LogP contribution in [0.1, 0.15) is 48.5 Å². The van der Waals surface area contributed by atoms with Crippen LogP contribution in [0.5, 0.6) is 5.75 Å². The number of hydrogen-bond donors (Lipinski definition) is 0. The lowest BCUT2D eigenvalue weighted by atomic mass is 10.1. The third-order valence-electron chi connectivity index (χ3n) is 6.72. The molecule has 1 atom stereocenters. The zero-order chi connectivity index (χ0) is 22.3. The highest BCUT2D eigenvalue weighted by molar-refractivity contribution is 5.94. The number of piperazine rings is 1. The molecule has 2 heterocycles. The lowest BCUT2D eigenvalue weighted by Crippen LogP contribution is -2.53. The number of carbonyl (C=O) groups is 1. The van der Waals surface area contributed by atoms with Crippen LogP contribution in [0, 0.1) is 6.92 Å². The van der Waals surface area contributed by atoms with Gasteiger partial charge >= 0.3 is 0 Å². The first-order valence-electron chi connectivity index (χ1n) is 12.2. The van der Waals surface area contributed by atoms with Gasteiger partial charge in [-0.3, -0.25) is 4.79 Å². The minimum absolute atomic E-state index is 0.108. The number of amides is 1. The van der Waals surface area contributed by atoms with Crippen LogP contribution in [0.25, 0.3) is 0 Å². The molecule has 2 aliphatic rings. The number of carbonyl (C=O) groups excluding carboxylic acids is 1. The molecule has 0 aromatic heterocycles. The fraction of sp³-hybridized carbons (Fsp3) is 0.519. The summed E-state index contributed by atoms with van der Waals surface area (Å²) in [6.45, 7) is 10.9. The second kappa shape index (κ2) is 10.9. The molecule has 0 aliphatic carbocycles. The first-order valence-corrected chi connectivity index (χ1v) is 12.2. The lowest BCUT2D eigenvalue weighted by Gasteiger charge is -2.41. The molecule has 5 heteroatoms. The maximum absolute atomic E-state index is 13.0. The van der Waals surface area contributed by atoms with Crippen molar-refractivity contribution in [3.05, 3.63) is 59.7 Å². The van der Waals surface area contributed by atoms with E-state index >= 15 is 0 Å². The van der Waals surface area contributed by atoms with E-state index in [0.29, 0.717) is 0 Å². The quantitative estimate of drug-likeness (QED) is 0.596. The van der Waals surface area contributed by atoms with Gasteiger partial charge in [-0.05, 0) is 82.6 Å². The zero-order valence-corrected chi connectivity index (χ0v) is 19.6. The number of likely N-dealkylation sites (tertiary alicyclic amines) is 1. The van der Waals surface area contributed by atoms with Gasteiger partial charge in [0.25, 0.3) is 5.91 Å². The van der Waals surface area contributed by atoms with E-state index in [4.69, 9.17) is 4.74 Å². The molecule has 0 bridgehead atoms. The van der Waals surface area contributed by atoms with Gasteiger partial charge in [0.05, 0.1) is 6.61 Å². The molecule has 2 aromatic rings. The van der Waals surface area contributed by atoms with E-state index in [2.05, 4.69) is 47.9 Å². The summed E-state index contributed by atoms with van der Waals surface area (Å²) in [6, 6.07) is 16.6. The molecule has 4 rings (SSSR count). The predicted molar refractivity (Wildman–Crippen MR) is 131 cm³/mol. The third kappa shape index (κ3) is 5.83. The molecule has 2 aliphatic heterocycles. The number of anilines is 1. The molecule has 2 aromatic carbocycles. The fourth-order valence-corrected chi connectivity index (χ4v) is 4.80. The minimum atomic E-state index is 0.108. The standard InChI is InChI=1S/C27H37N3O2/c1-22-7-11-25(12-8-22)30-19-18-29(21-23(30)2)27(31)24-9-13-26(14-10-24)32-20-6-17-28-15-4-3-5-16-28/h7-14,23H,3-6,15-21H2,1-2H3. The second-order valence-corrected chi connectivity index (χ2v) is 9.26. The second-order valence-electron chi connectivity index (χ2n) is 9.26. The van der Waals surface area contributed by atoms with Crippen molar-refractivity contribution in [1.82, 2.24) is 9.80 Å². The van der Waals surface area contributed by atoms with Crippen LogP contribution in [0.2, 0.25) is 0 Å². The van der Waals surface area contributed by atoms with Crippen LogP contribution < -0.4 is 9.64 Å². The summed E-state index contributed by atoms with van der Waals surface area (Å²) >= 11 is 0. The van der Waals surface area contributed by atoms with Gasteiger partial charge in [-0.15, -0.1) is 0 Å². The van der Waals surface area contributed by atoms with E-state index in [9.17, 15) is 4.79 Å². The number of rotatable bonds is 7. The van der Waals surface area contributed by atoms with E-state index in [1.165, 1.54) is 43.6 Å². The predicted octanol–water partition coefficient (Wildman–Crippen LogP) is 4.60. The Morgan fingerprint density at radius 2 is 1.66 bits per heavy atom. The van der Waals surface area contributed by atoms with Crippen LogP contribution in [0.3, 0.4) is 0 Å². The molecule has 0 radical (unpaired) electrons. The van der Waals surface area contributed by atoms with Gasteiger partial charge in [-0.25, -0.2) is 0 Å². The van der Waals surface area contributed by atoms with E-state index in [1.54, 1.807) is 0 Å². The van der Waals surface area contributed by atoms with Crippen molar-refractivity contribution in [2.75, 3.05) is 50.8 Å². The molecular weight excluding hydrogens is 398 g/mol. The minimum Gasteiger partial charge on any atom is -0.494 e. The third-order valence-corrected chi connectivity index (χ3v) is 6.72. The average molecular weight is 436 g/mol. The average Bonchev–Trinajstić information content (AvgIpc) is 2.83. The Bertz CT molecular complexity index is 859. The van der Waals surface area contributed by atoms with Crippen LogP contribution in [0.4, 0.5) is 5.69 Å². The van der Waals surface area contributed by atoms with Gasteiger partial charge in [-0.2, -0.15) is 0 Å². The van der Waals surface area contributed by atoms with Crippen molar-refractivity contribution < 1.29 is 9.53 Å². The SMILES string of the molecule is Cc1ccc(N2CCN(C(=O)c3ccc(OCCCN4CCCCC4)cc3)CC2C)cc1. The van der Waals surface area contributed by atoms with Crippen molar-refractivity contribution in [2.45, 2.75) is 45.6 Å². The Balaban J connectivity index is 1.24. The topological polar surface area (TPSA) is 36.0 Å². The zero-order valence-electron chi connectivity index (χ0n) is 19.6. The van der Waals surface area contributed by atoms with Gasteiger partial charge in [0.1, 0.15) is 5.75 Å². The number of nitrogens with zero attached hydrogens (tertiary/aromatic N) is 3. The number of piperidine rings is 1. The molecule has 172 valence electrons. The number of benzene rings is 2. The molecule has 0 N–H and O–H groups in total. The maximum atomic E-state index is 13.0. The largest absolute Gasteiger partial charge is 0.494 e. The molecule has 1 unspecified atom stereocenters. The highest BCUT2D eigenvalue weighted by Gasteiger charge is 2.27. The smallest absolute Gasteiger partial charge is 0.253 e. The van der Waals surface area contributed by atoms with Crippen LogP contribution in [-0.4, -0.2) is 67.6 Å². The lowest BCUT2D eigenvalue weighted by molar-refractivity contribution is 0.0726. The Hall–Kier alpha value is -2.53. The Labute approximate surface area is 193 Å². The maximum Gasteiger partial charge on any atom is 0.253 e. The fourth-order valence-electron chi connectivity index (χ4n) is 4.80. The van der Waals surface area contributed by atoms with Gasteiger partial charge in [0.2, 0.25) is 0 Å². The Morgan fingerprint density at radius 1 is 0.938 bits per heavy atom. The molecule has 0 spiro atoms. The Kier molecular flexibility index (Phi) is 7.69. The van der Waals surface area contributed by atoms with Gasteiger partial charge in [-0.1, -0.05) is 24.1 Å². The van der Waals surface area contributed by atoms with Crippen LogP contribution in [0.15, 0.2) is 48.5 Å². The van der Waals surface area contributed by atoms with Gasteiger partial charge in [0.15, 0.2) is 0 Å². The van der Waals surface area contributed by atoms with Crippen molar-refractivity contribution in [3.63, 3.8) is 0 Å². The monoisotopic (exact) mass is 435 g/mol. The Morgan fingerprint density at radius 3 is 2.34 bits per heavy atom. The van der Waals surface area contributed by atoms with E-state index in [-0.39, 0.29) is 11.9 Å². The highest BCUT2D eigenvalue weighted by Crippen LogP contribution is 2.22. The molecule has 32 heavy (non-hydrogen) atoms. The first kappa shape index (κ1) is 22.7. The van der Waals surface area contributed by atoms with Crippen molar-refractivity contribution in [2.24, 2.45) is 0 Å². The molecule has 2 fully saturated rings. The molecule has 5 nitrogen and oxygen atoms in total. The van der Waals surface area contributed by atoms with Crippen LogP contribution >= 0.6 is 0 Å². The summed E-state index contributed by atoms with van der Waals surface area (Å²) in [5.74, 6) is 0.954. The summed E-state index contributed by atoms with van der Waals surface area (Å²) in [7, 11) is 0. The van der Waals surface area contributed by atoms with Crippen molar-refractivity contribution in [1.29, 1.82) is 0 Å². The summed E-state index contributed by atoms with van der Waals surface area (Å²) in [6.07, 6.45) is 5.08.